The number of hydrogen-bond donors (Lipinski definition) is 2. The van der Waals surface area contributed by atoms with Gasteiger partial charge >= 0.3 is 6.18 Å². The van der Waals surface area contributed by atoms with Crippen LogP contribution < -0.4 is 10.6 Å². The number of carbonyl (C=O) groups is 1. The lowest BCUT2D eigenvalue weighted by Crippen LogP contribution is -2.38. The molecule has 1 aliphatic carbocycles. The number of hydrogen-bond acceptors (Lipinski definition) is 2. The summed E-state index contributed by atoms with van der Waals surface area (Å²) >= 11 is 0. The van der Waals surface area contributed by atoms with Crippen LogP contribution in [0.1, 0.15) is 41.6 Å². The average Bonchev–Trinajstić information content (AvgIpc) is 2.52. The standard InChI is InChI=1S/C16H21F3N2O/c1-20-15(22)12-5-2-4-11(8-12)10-21-14-7-3-6-13(9-14)16(17,18)19/h2,4-5,8,13-14,21H,3,6-7,9-10H2,1H3,(H,20,22). The summed E-state index contributed by atoms with van der Waals surface area (Å²) < 4.78 is 38.4. The van der Waals surface area contributed by atoms with Crippen LogP contribution in [0.15, 0.2) is 24.3 Å². The van der Waals surface area contributed by atoms with Crippen molar-refractivity contribution in [2.75, 3.05) is 7.05 Å². The number of carbonyl (C=O) groups excluding carboxylic acids is 1. The Labute approximate surface area is 128 Å². The van der Waals surface area contributed by atoms with Crippen LogP contribution in [0.25, 0.3) is 0 Å². The Bertz CT molecular complexity index is 516. The van der Waals surface area contributed by atoms with Crippen molar-refractivity contribution in [3.05, 3.63) is 35.4 Å². The molecule has 0 heterocycles. The van der Waals surface area contributed by atoms with E-state index in [4.69, 9.17) is 0 Å². The highest BCUT2D eigenvalue weighted by Gasteiger charge is 2.41. The van der Waals surface area contributed by atoms with Crippen LogP contribution in [0.5, 0.6) is 0 Å². The highest BCUT2D eigenvalue weighted by atomic mass is 19.4. The van der Waals surface area contributed by atoms with Crippen molar-refractivity contribution in [3.63, 3.8) is 0 Å². The van der Waals surface area contributed by atoms with Gasteiger partial charge in [-0.05, 0) is 37.0 Å². The molecule has 1 amide bonds. The van der Waals surface area contributed by atoms with E-state index in [-0.39, 0.29) is 24.8 Å². The molecule has 0 aromatic heterocycles. The van der Waals surface area contributed by atoms with Gasteiger partial charge in [-0.1, -0.05) is 18.6 Å². The molecule has 1 aromatic rings. The van der Waals surface area contributed by atoms with Crippen molar-refractivity contribution >= 4 is 5.91 Å². The molecule has 1 fully saturated rings. The van der Waals surface area contributed by atoms with E-state index in [1.54, 1.807) is 25.2 Å². The minimum atomic E-state index is -4.10. The number of nitrogens with one attached hydrogen (secondary N) is 2. The van der Waals surface area contributed by atoms with Crippen LogP contribution in [0, 0.1) is 5.92 Å². The van der Waals surface area contributed by atoms with Gasteiger partial charge in [0.05, 0.1) is 5.92 Å². The predicted molar refractivity (Wildman–Crippen MR) is 78.5 cm³/mol. The molecule has 1 saturated carbocycles. The first kappa shape index (κ1) is 16.8. The molecule has 1 aliphatic rings. The number of amides is 1. The van der Waals surface area contributed by atoms with E-state index >= 15 is 0 Å². The lowest BCUT2D eigenvalue weighted by Gasteiger charge is -2.31. The molecule has 6 heteroatoms. The normalized spacial score (nSPS) is 22.4. The maximum Gasteiger partial charge on any atom is 0.391 e. The van der Waals surface area contributed by atoms with Crippen molar-refractivity contribution in [2.45, 2.75) is 44.4 Å². The zero-order chi connectivity index (χ0) is 16.2. The van der Waals surface area contributed by atoms with Gasteiger partial charge in [-0.15, -0.1) is 0 Å². The maximum absolute atomic E-state index is 12.8. The SMILES string of the molecule is CNC(=O)c1cccc(CNC2CCCC(C(F)(F)F)C2)c1. The van der Waals surface area contributed by atoms with Crippen LogP contribution in [-0.2, 0) is 6.54 Å². The molecule has 3 nitrogen and oxygen atoms in total. The molecule has 2 unspecified atom stereocenters. The molecule has 2 rings (SSSR count). The summed E-state index contributed by atoms with van der Waals surface area (Å²) in [6, 6.07) is 6.99. The summed E-state index contributed by atoms with van der Waals surface area (Å²) in [6.45, 7) is 0.472. The fourth-order valence-electron chi connectivity index (χ4n) is 2.90. The van der Waals surface area contributed by atoms with Crippen molar-refractivity contribution in [2.24, 2.45) is 5.92 Å². The maximum atomic E-state index is 12.8. The van der Waals surface area contributed by atoms with Gasteiger partial charge in [-0.25, -0.2) is 0 Å². The van der Waals surface area contributed by atoms with Gasteiger partial charge in [-0.3, -0.25) is 4.79 Å². The lowest BCUT2D eigenvalue weighted by molar-refractivity contribution is -0.183. The summed E-state index contributed by atoms with van der Waals surface area (Å²) in [5.74, 6) is -1.37. The van der Waals surface area contributed by atoms with E-state index in [2.05, 4.69) is 10.6 Å². The molecule has 0 radical (unpaired) electrons. The minimum absolute atomic E-state index is 0.121. The van der Waals surface area contributed by atoms with E-state index in [0.29, 0.717) is 18.5 Å². The topological polar surface area (TPSA) is 41.1 Å². The molecule has 0 bridgehead atoms. The van der Waals surface area contributed by atoms with Gasteiger partial charge < -0.3 is 10.6 Å². The van der Waals surface area contributed by atoms with E-state index in [0.717, 1.165) is 12.0 Å². The fraction of sp³-hybridized carbons (Fsp3) is 0.562. The fourth-order valence-corrected chi connectivity index (χ4v) is 2.90. The summed E-state index contributed by atoms with van der Waals surface area (Å²) in [7, 11) is 1.56. The molecule has 0 spiro atoms. The number of rotatable bonds is 4. The van der Waals surface area contributed by atoms with Crippen molar-refractivity contribution in [3.8, 4) is 0 Å². The van der Waals surface area contributed by atoms with Gasteiger partial charge in [0.25, 0.3) is 5.91 Å². The van der Waals surface area contributed by atoms with Crippen LogP contribution >= 0.6 is 0 Å². The van der Waals surface area contributed by atoms with Crippen LogP contribution in [0.3, 0.4) is 0 Å². The Morgan fingerprint density at radius 2 is 2.09 bits per heavy atom. The van der Waals surface area contributed by atoms with Gasteiger partial charge in [0, 0.05) is 25.2 Å². The third-order valence-corrected chi connectivity index (χ3v) is 4.15. The van der Waals surface area contributed by atoms with Crippen molar-refractivity contribution in [1.29, 1.82) is 0 Å². The quantitative estimate of drug-likeness (QED) is 0.895. The zero-order valence-corrected chi connectivity index (χ0v) is 12.5. The highest BCUT2D eigenvalue weighted by Crippen LogP contribution is 2.37. The Morgan fingerprint density at radius 3 is 2.77 bits per heavy atom. The van der Waals surface area contributed by atoms with Gasteiger partial charge in [0.15, 0.2) is 0 Å². The molecular weight excluding hydrogens is 293 g/mol. The van der Waals surface area contributed by atoms with Crippen molar-refractivity contribution in [1.82, 2.24) is 10.6 Å². The monoisotopic (exact) mass is 314 g/mol. The van der Waals surface area contributed by atoms with Crippen molar-refractivity contribution < 1.29 is 18.0 Å². The summed E-state index contributed by atoms with van der Waals surface area (Å²) in [6.07, 6.45) is -2.37. The molecular formula is C16H21F3N2O. The number of halogens is 3. The third-order valence-electron chi connectivity index (χ3n) is 4.15. The van der Waals surface area contributed by atoms with Gasteiger partial charge in [0.1, 0.15) is 0 Å². The Kier molecular flexibility index (Phi) is 5.45. The summed E-state index contributed by atoms with van der Waals surface area (Å²) in [5.41, 5.74) is 1.45. The first-order valence-corrected chi connectivity index (χ1v) is 7.51. The largest absolute Gasteiger partial charge is 0.391 e. The second kappa shape index (κ2) is 7.13. The second-order valence-electron chi connectivity index (χ2n) is 5.76. The van der Waals surface area contributed by atoms with E-state index in [1.165, 1.54) is 0 Å². The molecule has 22 heavy (non-hydrogen) atoms. The first-order chi connectivity index (χ1) is 10.4. The Balaban J connectivity index is 1.91. The lowest BCUT2D eigenvalue weighted by atomic mass is 9.85. The molecule has 0 aliphatic heterocycles. The third kappa shape index (κ3) is 4.47. The van der Waals surface area contributed by atoms with Crippen LogP contribution in [-0.4, -0.2) is 25.2 Å². The second-order valence-corrected chi connectivity index (χ2v) is 5.76. The molecule has 2 atom stereocenters. The first-order valence-electron chi connectivity index (χ1n) is 7.51. The van der Waals surface area contributed by atoms with Gasteiger partial charge in [0.2, 0.25) is 0 Å². The molecule has 1 aromatic carbocycles. The molecule has 2 N–H and O–H groups in total. The van der Waals surface area contributed by atoms with Crippen LogP contribution in [0.4, 0.5) is 13.2 Å². The average molecular weight is 314 g/mol. The smallest absolute Gasteiger partial charge is 0.355 e. The Morgan fingerprint density at radius 1 is 1.32 bits per heavy atom. The minimum Gasteiger partial charge on any atom is -0.355 e. The highest BCUT2D eigenvalue weighted by molar-refractivity contribution is 5.94. The van der Waals surface area contributed by atoms with E-state index in [1.807, 2.05) is 6.07 Å². The molecule has 0 saturated heterocycles. The summed E-state index contributed by atoms with van der Waals surface area (Å²) in [4.78, 5) is 11.6. The molecule has 122 valence electrons. The number of benzene rings is 1. The van der Waals surface area contributed by atoms with Gasteiger partial charge in [-0.2, -0.15) is 13.2 Å². The summed E-state index contributed by atoms with van der Waals surface area (Å²) in [5, 5.41) is 5.74. The number of alkyl halides is 3. The Hall–Kier alpha value is -1.56. The van der Waals surface area contributed by atoms with E-state index in [9.17, 15) is 18.0 Å². The van der Waals surface area contributed by atoms with E-state index < -0.39 is 12.1 Å². The van der Waals surface area contributed by atoms with Crippen LogP contribution in [0.2, 0.25) is 0 Å². The zero-order valence-electron chi connectivity index (χ0n) is 12.5. The predicted octanol–water partition coefficient (Wildman–Crippen LogP) is 3.26.